The van der Waals surface area contributed by atoms with E-state index in [1.807, 2.05) is 6.33 Å². The maximum absolute atomic E-state index is 10.7. The van der Waals surface area contributed by atoms with Gasteiger partial charge in [0.1, 0.15) is 6.29 Å². The zero-order valence-electron chi connectivity index (χ0n) is 7.98. The highest BCUT2D eigenvalue weighted by atomic mass is 35.5. The molecule has 3 nitrogen and oxygen atoms in total. The number of carbonyl (C=O) groups is 1. The second-order valence-corrected chi connectivity index (χ2v) is 4.28. The number of benzene rings is 1. The molecule has 2 aromatic rings. The van der Waals surface area contributed by atoms with Crippen LogP contribution in [0.3, 0.4) is 0 Å². The van der Waals surface area contributed by atoms with Crippen LogP contribution in [0, 0.1) is 0 Å². The van der Waals surface area contributed by atoms with Crippen molar-refractivity contribution in [2.24, 2.45) is 0 Å². The number of aldehydes is 1. The van der Waals surface area contributed by atoms with Gasteiger partial charge in [-0.15, -0.1) is 0 Å². The minimum atomic E-state index is 0.551. The lowest BCUT2D eigenvalue weighted by atomic mass is 10.2. The molecule has 0 spiro atoms. The number of fused-ring (bicyclic) bond motifs is 1. The van der Waals surface area contributed by atoms with E-state index in [4.69, 9.17) is 11.6 Å². The highest BCUT2D eigenvalue weighted by Gasteiger charge is 2.25. The third kappa shape index (κ3) is 1.35. The van der Waals surface area contributed by atoms with Gasteiger partial charge in [0.25, 0.3) is 0 Å². The van der Waals surface area contributed by atoms with Crippen LogP contribution < -0.4 is 0 Å². The molecular formula is C11H9ClN2O. The Hall–Kier alpha value is -1.35. The maximum Gasteiger partial charge on any atom is 0.150 e. The Balaban J connectivity index is 2.29. The lowest BCUT2D eigenvalue weighted by molar-refractivity contribution is 0.112. The number of hydrogen-bond acceptors (Lipinski definition) is 2. The average molecular weight is 221 g/mol. The lowest BCUT2D eigenvalue weighted by Crippen LogP contribution is -1.92. The predicted octanol–water partition coefficient (Wildman–Crippen LogP) is 2.84. The third-order valence-electron chi connectivity index (χ3n) is 2.72. The van der Waals surface area contributed by atoms with Crippen LogP contribution in [0.5, 0.6) is 0 Å². The molecule has 1 aromatic carbocycles. The van der Waals surface area contributed by atoms with E-state index >= 15 is 0 Å². The van der Waals surface area contributed by atoms with E-state index in [9.17, 15) is 4.79 Å². The van der Waals surface area contributed by atoms with Crippen LogP contribution in [0.2, 0.25) is 5.02 Å². The van der Waals surface area contributed by atoms with Crippen LogP contribution in [0.4, 0.5) is 0 Å². The van der Waals surface area contributed by atoms with E-state index in [-0.39, 0.29) is 0 Å². The molecule has 76 valence electrons. The summed E-state index contributed by atoms with van der Waals surface area (Å²) in [7, 11) is 0. The molecule has 1 saturated carbocycles. The summed E-state index contributed by atoms with van der Waals surface area (Å²) in [4.78, 5) is 14.9. The summed E-state index contributed by atoms with van der Waals surface area (Å²) in [6, 6.07) is 4.01. The predicted molar refractivity (Wildman–Crippen MR) is 58.4 cm³/mol. The molecule has 0 bridgehead atoms. The summed E-state index contributed by atoms with van der Waals surface area (Å²) >= 11 is 6.14. The number of carbonyl (C=O) groups excluding carboxylic acids is 1. The maximum atomic E-state index is 10.7. The van der Waals surface area contributed by atoms with E-state index < -0.39 is 0 Å². The van der Waals surface area contributed by atoms with Gasteiger partial charge in [-0.2, -0.15) is 0 Å². The summed E-state index contributed by atoms with van der Waals surface area (Å²) in [6.45, 7) is 0. The summed E-state index contributed by atoms with van der Waals surface area (Å²) in [6.07, 6.45) is 4.98. The molecule has 0 atom stereocenters. The molecule has 1 heterocycles. The van der Waals surface area contributed by atoms with E-state index in [0.29, 0.717) is 16.6 Å². The summed E-state index contributed by atoms with van der Waals surface area (Å²) in [5, 5.41) is 0.610. The topological polar surface area (TPSA) is 34.9 Å². The first kappa shape index (κ1) is 8.92. The number of aromatic nitrogens is 2. The van der Waals surface area contributed by atoms with Crippen molar-refractivity contribution in [2.45, 2.75) is 18.9 Å². The van der Waals surface area contributed by atoms with Gasteiger partial charge in [-0.1, -0.05) is 11.6 Å². The molecule has 15 heavy (non-hydrogen) atoms. The molecule has 1 aliphatic carbocycles. The number of imidazole rings is 1. The van der Waals surface area contributed by atoms with Crippen molar-refractivity contribution in [3.63, 3.8) is 0 Å². The Morgan fingerprint density at radius 1 is 1.47 bits per heavy atom. The van der Waals surface area contributed by atoms with Crippen LogP contribution in [0.1, 0.15) is 29.2 Å². The molecular weight excluding hydrogens is 212 g/mol. The molecule has 4 heteroatoms. The van der Waals surface area contributed by atoms with Gasteiger partial charge in [-0.3, -0.25) is 4.79 Å². The van der Waals surface area contributed by atoms with Gasteiger partial charge in [0.2, 0.25) is 0 Å². The van der Waals surface area contributed by atoms with Gasteiger partial charge in [-0.05, 0) is 25.0 Å². The summed E-state index contributed by atoms with van der Waals surface area (Å²) < 4.78 is 2.10. The highest BCUT2D eigenvalue weighted by Crippen LogP contribution is 2.38. The quantitative estimate of drug-likeness (QED) is 0.730. The first-order valence-electron chi connectivity index (χ1n) is 4.91. The summed E-state index contributed by atoms with van der Waals surface area (Å²) in [5.74, 6) is 0. The van der Waals surface area contributed by atoms with Crippen molar-refractivity contribution in [1.82, 2.24) is 9.55 Å². The van der Waals surface area contributed by atoms with Crippen LogP contribution in [-0.2, 0) is 0 Å². The van der Waals surface area contributed by atoms with E-state index in [1.165, 1.54) is 12.8 Å². The molecule has 0 saturated heterocycles. The molecule has 0 unspecified atom stereocenters. The Morgan fingerprint density at radius 2 is 2.27 bits per heavy atom. The minimum absolute atomic E-state index is 0.551. The van der Waals surface area contributed by atoms with Gasteiger partial charge in [-0.25, -0.2) is 4.98 Å². The highest BCUT2D eigenvalue weighted by molar-refractivity contribution is 6.35. The number of halogens is 1. The fourth-order valence-corrected chi connectivity index (χ4v) is 2.16. The van der Waals surface area contributed by atoms with Crippen LogP contribution in [0.25, 0.3) is 11.0 Å². The van der Waals surface area contributed by atoms with Crippen molar-refractivity contribution in [3.05, 3.63) is 29.0 Å². The molecule has 1 aliphatic rings. The Morgan fingerprint density at radius 3 is 2.93 bits per heavy atom. The van der Waals surface area contributed by atoms with Crippen LogP contribution >= 0.6 is 11.6 Å². The van der Waals surface area contributed by atoms with Crippen molar-refractivity contribution >= 4 is 28.9 Å². The fraction of sp³-hybridized carbons (Fsp3) is 0.273. The smallest absolute Gasteiger partial charge is 0.150 e. The molecule has 0 N–H and O–H groups in total. The largest absolute Gasteiger partial charge is 0.326 e. The zero-order valence-corrected chi connectivity index (χ0v) is 8.74. The van der Waals surface area contributed by atoms with E-state index in [0.717, 1.165) is 17.3 Å². The molecule has 3 rings (SSSR count). The zero-order chi connectivity index (χ0) is 10.4. The van der Waals surface area contributed by atoms with Gasteiger partial charge < -0.3 is 4.57 Å². The second kappa shape index (κ2) is 3.07. The number of nitrogens with zero attached hydrogens (tertiary/aromatic N) is 2. The summed E-state index contributed by atoms with van der Waals surface area (Å²) in [5.41, 5.74) is 2.33. The Bertz CT molecular complexity index is 543. The third-order valence-corrected chi connectivity index (χ3v) is 3.01. The molecule has 0 aliphatic heterocycles. The van der Waals surface area contributed by atoms with E-state index in [1.54, 1.807) is 12.1 Å². The van der Waals surface area contributed by atoms with Crippen LogP contribution in [0.15, 0.2) is 18.5 Å². The number of rotatable bonds is 2. The Kier molecular flexibility index (Phi) is 1.83. The van der Waals surface area contributed by atoms with Crippen molar-refractivity contribution in [2.75, 3.05) is 0 Å². The standard InChI is InChI=1S/C11H9ClN2O/c12-9-3-7(5-15)4-10-11(9)14(6-13-10)8-1-2-8/h3-6,8H,1-2H2. The Labute approximate surface area is 91.7 Å². The lowest BCUT2D eigenvalue weighted by Gasteiger charge is -2.02. The van der Waals surface area contributed by atoms with Gasteiger partial charge >= 0.3 is 0 Å². The normalized spacial score (nSPS) is 15.8. The van der Waals surface area contributed by atoms with Crippen molar-refractivity contribution < 1.29 is 4.79 Å². The van der Waals surface area contributed by atoms with Gasteiger partial charge in [0, 0.05) is 11.6 Å². The first-order valence-corrected chi connectivity index (χ1v) is 5.28. The van der Waals surface area contributed by atoms with E-state index in [2.05, 4.69) is 9.55 Å². The second-order valence-electron chi connectivity index (χ2n) is 3.87. The molecule has 1 aromatic heterocycles. The van der Waals surface area contributed by atoms with Crippen molar-refractivity contribution in [3.8, 4) is 0 Å². The fourth-order valence-electron chi connectivity index (χ4n) is 1.84. The van der Waals surface area contributed by atoms with Crippen LogP contribution in [-0.4, -0.2) is 15.8 Å². The monoisotopic (exact) mass is 220 g/mol. The van der Waals surface area contributed by atoms with Gasteiger partial charge in [0.15, 0.2) is 0 Å². The molecule has 0 amide bonds. The average Bonchev–Trinajstić information content (AvgIpc) is 2.99. The number of hydrogen-bond donors (Lipinski definition) is 0. The van der Waals surface area contributed by atoms with Gasteiger partial charge in [0.05, 0.1) is 22.4 Å². The SMILES string of the molecule is O=Cc1cc(Cl)c2c(c1)ncn2C1CC1. The molecule has 0 radical (unpaired) electrons. The minimum Gasteiger partial charge on any atom is -0.326 e. The molecule has 1 fully saturated rings. The van der Waals surface area contributed by atoms with Crippen molar-refractivity contribution in [1.29, 1.82) is 0 Å². The first-order chi connectivity index (χ1) is 7.29.